The monoisotopic (exact) mass is 278 g/mol. The first-order valence-corrected chi connectivity index (χ1v) is 7.75. The molecule has 0 saturated carbocycles. The third-order valence-corrected chi connectivity index (χ3v) is 4.00. The number of rotatable bonds is 4. The van der Waals surface area contributed by atoms with Crippen molar-refractivity contribution in [2.45, 2.75) is 26.2 Å². The minimum Gasteiger partial charge on any atom is -0.371 e. The number of anilines is 1. The van der Waals surface area contributed by atoms with Gasteiger partial charge in [-0.2, -0.15) is 0 Å². The quantitative estimate of drug-likeness (QED) is 0.831. The van der Waals surface area contributed by atoms with Crippen molar-refractivity contribution in [3.8, 4) is 0 Å². The lowest BCUT2D eigenvalue weighted by atomic mass is 10.1. The first kappa shape index (κ1) is 13.9. The van der Waals surface area contributed by atoms with Crippen LogP contribution in [0.1, 0.15) is 29.7 Å². The van der Waals surface area contributed by atoms with Gasteiger partial charge in [-0.15, -0.1) is 0 Å². The molecule has 2 heterocycles. The van der Waals surface area contributed by atoms with E-state index in [1.165, 1.54) is 42.7 Å². The Hall–Kier alpha value is -2.09. The molecule has 1 aliphatic rings. The second-order valence-electron chi connectivity index (χ2n) is 5.69. The average molecular weight is 278 g/mol. The first-order valence-electron chi connectivity index (χ1n) is 7.75. The highest BCUT2D eigenvalue weighted by Crippen LogP contribution is 2.26. The van der Waals surface area contributed by atoms with Gasteiger partial charge in [-0.3, -0.25) is 4.98 Å². The summed E-state index contributed by atoms with van der Waals surface area (Å²) in [7, 11) is 0. The van der Waals surface area contributed by atoms with Crippen LogP contribution in [0.25, 0.3) is 6.08 Å². The summed E-state index contributed by atoms with van der Waals surface area (Å²) < 4.78 is 0. The van der Waals surface area contributed by atoms with Gasteiger partial charge in [0, 0.05) is 25.0 Å². The molecule has 0 bridgehead atoms. The highest BCUT2D eigenvalue weighted by atomic mass is 15.1. The second kappa shape index (κ2) is 6.57. The average Bonchev–Trinajstić information content (AvgIpc) is 3.04. The van der Waals surface area contributed by atoms with Crippen LogP contribution in [0, 0.1) is 6.92 Å². The van der Waals surface area contributed by atoms with E-state index in [4.69, 9.17) is 0 Å². The summed E-state index contributed by atoms with van der Waals surface area (Å²) in [4.78, 5) is 6.85. The molecule has 0 atom stereocenters. The fraction of sp³-hybridized carbons (Fsp3) is 0.316. The van der Waals surface area contributed by atoms with Crippen molar-refractivity contribution in [3.63, 3.8) is 0 Å². The molecule has 2 nitrogen and oxygen atoms in total. The number of benzene rings is 1. The van der Waals surface area contributed by atoms with Gasteiger partial charge in [0.15, 0.2) is 0 Å². The molecule has 108 valence electrons. The lowest BCUT2D eigenvalue weighted by Crippen LogP contribution is -2.19. The van der Waals surface area contributed by atoms with Gasteiger partial charge in [0.1, 0.15) is 0 Å². The molecule has 0 amide bonds. The molecule has 21 heavy (non-hydrogen) atoms. The Balaban J connectivity index is 1.77. The fourth-order valence-electron chi connectivity index (χ4n) is 2.88. The van der Waals surface area contributed by atoms with Gasteiger partial charge in [-0.25, -0.2) is 0 Å². The van der Waals surface area contributed by atoms with E-state index in [-0.39, 0.29) is 0 Å². The summed E-state index contributed by atoms with van der Waals surface area (Å²) in [6, 6.07) is 12.8. The number of aromatic nitrogens is 1. The van der Waals surface area contributed by atoms with E-state index >= 15 is 0 Å². The Morgan fingerprint density at radius 1 is 1.14 bits per heavy atom. The van der Waals surface area contributed by atoms with Crippen LogP contribution >= 0.6 is 0 Å². The zero-order valence-corrected chi connectivity index (χ0v) is 12.6. The molecule has 0 aliphatic carbocycles. The van der Waals surface area contributed by atoms with Gasteiger partial charge in [-0.05, 0) is 61.6 Å². The molecule has 1 aliphatic heterocycles. The maximum Gasteiger partial charge on any atom is 0.0626 e. The van der Waals surface area contributed by atoms with Gasteiger partial charge in [0.25, 0.3) is 0 Å². The molecule has 1 aromatic heterocycles. The van der Waals surface area contributed by atoms with Crippen LogP contribution in [-0.4, -0.2) is 18.1 Å². The maximum atomic E-state index is 4.33. The van der Waals surface area contributed by atoms with Crippen molar-refractivity contribution in [2.75, 3.05) is 18.0 Å². The molecule has 1 fully saturated rings. The molecule has 1 saturated heterocycles. The van der Waals surface area contributed by atoms with E-state index in [2.05, 4.69) is 47.2 Å². The number of nitrogens with zero attached hydrogens (tertiary/aromatic N) is 2. The highest BCUT2D eigenvalue weighted by Gasteiger charge is 2.15. The van der Waals surface area contributed by atoms with Gasteiger partial charge in [0.05, 0.1) is 5.69 Å². The van der Waals surface area contributed by atoms with E-state index in [0.717, 1.165) is 12.1 Å². The van der Waals surface area contributed by atoms with Crippen LogP contribution in [0.5, 0.6) is 0 Å². The topological polar surface area (TPSA) is 16.1 Å². The van der Waals surface area contributed by atoms with E-state index in [0.29, 0.717) is 0 Å². The SMILES string of the molecule is Cc1ccc(CC=Cc2ccccn2)c(N2CCCC2)c1. The minimum atomic E-state index is 0.961. The summed E-state index contributed by atoms with van der Waals surface area (Å²) >= 11 is 0. The molecule has 0 spiro atoms. The standard InChI is InChI=1S/C19H22N2/c1-16-10-11-17(19(15-16)21-13-4-5-14-21)7-6-9-18-8-2-3-12-20-18/h2-3,6,8-12,15H,4-5,7,13-14H2,1H3. The van der Waals surface area contributed by atoms with Crippen molar-refractivity contribution in [1.29, 1.82) is 0 Å². The van der Waals surface area contributed by atoms with Crippen molar-refractivity contribution in [3.05, 3.63) is 65.5 Å². The largest absolute Gasteiger partial charge is 0.371 e. The normalized spacial score (nSPS) is 15.0. The van der Waals surface area contributed by atoms with E-state index in [9.17, 15) is 0 Å². The van der Waals surface area contributed by atoms with Gasteiger partial charge >= 0.3 is 0 Å². The van der Waals surface area contributed by atoms with Crippen LogP contribution in [0.15, 0.2) is 48.7 Å². The smallest absolute Gasteiger partial charge is 0.0626 e. The number of aryl methyl sites for hydroxylation is 1. The molecular weight excluding hydrogens is 256 g/mol. The van der Waals surface area contributed by atoms with Crippen molar-refractivity contribution in [1.82, 2.24) is 4.98 Å². The predicted octanol–water partition coefficient (Wildman–Crippen LogP) is 4.25. The van der Waals surface area contributed by atoms with E-state index < -0.39 is 0 Å². The zero-order chi connectivity index (χ0) is 14.5. The lowest BCUT2D eigenvalue weighted by Gasteiger charge is -2.21. The Kier molecular flexibility index (Phi) is 4.34. The van der Waals surface area contributed by atoms with Crippen molar-refractivity contribution in [2.24, 2.45) is 0 Å². The molecule has 0 unspecified atom stereocenters. The minimum absolute atomic E-state index is 0.961. The van der Waals surface area contributed by atoms with Gasteiger partial charge in [-0.1, -0.05) is 24.3 Å². The molecular formula is C19H22N2. The van der Waals surface area contributed by atoms with E-state index in [1.807, 2.05) is 24.4 Å². The molecule has 0 radical (unpaired) electrons. The maximum absolute atomic E-state index is 4.33. The van der Waals surface area contributed by atoms with Crippen LogP contribution in [0.3, 0.4) is 0 Å². The van der Waals surface area contributed by atoms with E-state index in [1.54, 1.807) is 0 Å². The number of hydrogen-bond donors (Lipinski definition) is 0. The van der Waals surface area contributed by atoms with Crippen LogP contribution in [-0.2, 0) is 6.42 Å². The molecule has 1 aromatic carbocycles. The van der Waals surface area contributed by atoms with Crippen LogP contribution in [0.4, 0.5) is 5.69 Å². The van der Waals surface area contributed by atoms with Crippen LogP contribution in [0.2, 0.25) is 0 Å². The number of hydrogen-bond acceptors (Lipinski definition) is 2. The number of pyridine rings is 1. The van der Waals surface area contributed by atoms with Crippen molar-refractivity contribution < 1.29 is 0 Å². The third kappa shape index (κ3) is 3.52. The zero-order valence-electron chi connectivity index (χ0n) is 12.6. The Morgan fingerprint density at radius 2 is 2.00 bits per heavy atom. The molecule has 0 N–H and O–H groups in total. The molecule has 3 rings (SSSR count). The Bertz CT molecular complexity index is 611. The highest BCUT2D eigenvalue weighted by molar-refractivity contribution is 5.57. The summed E-state index contributed by atoms with van der Waals surface area (Å²) in [5.41, 5.74) is 5.19. The number of allylic oxidation sites excluding steroid dienone is 1. The Morgan fingerprint density at radius 3 is 2.76 bits per heavy atom. The fourth-order valence-corrected chi connectivity index (χ4v) is 2.88. The predicted molar refractivity (Wildman–Crippen MR) is 89.6 cm³/mol. The van der Waals surface area contributed by atoms with Crippen LogP contribution < -0.4 is 4.90 Å². The van der Waals surface area contributed by atoms with Crippen molar-refractivity contribution >= 4 is 11.8 Å². The second-order valence-corrected chi connectivity index (χ2v) is 5.69. The summed E-state index contributed by atoms with van der Waals surface area (Å²) in [5.74, 6) is 0. The third-order valence-electron chi connectivity index (χ3n) is 4.00. The summed E-state index contributed by atoms with van der Waals surface area (Å²) in [5, 5.41) is 0. The lowest BCUT2D eigenvalue weighted by molar-refractivity contribution is 0.949. The molecule has 2 aromatic rings. The Labute approximate surface area is 127 Å². The summed E-state index contributed by atoms with van der Waals surface area (Å²) in [6.45, 7) is 4.56. The summed E-state index contributed by atoms with van der Waals surface area (Å²) in [6.07, 6.45) is 9.75. The molecule has 2 heteroatoms. The van der Waals surface area contributed by atoms with Gasteiger partial charge < -0.3 is 4.90 Å². The van der Waals surface area contributed by atoms with Gasteiger partial charge in [0.2, 0.25) is 0 Å². The first-order chi connectivity index (χ1) is 10.3.